The quantitative estimate of drug-likeness (QED) is 0.676. The summed E-state index contributed by atoms with van der Waals surface area (Å²) in [7, 11) is 3.54. The van der Waals surface area contributed by atoms with Crippen LogP contribution in [0.3, 0.4) is 0 Å². The lowest BCUT2D eigenvalue weighted by Crippen LogP contribution is -2.36. The number of esters is 1. The molecule has 1 aliphatic rings. The van der Waals surface area contributed by atoms with Gasteiger partial charge in [0.15, 0.2) is 0 Å². The number of nitrogens with one attached hydrogen (secondary N) is 1. The number of para-hydroxylation sites is 1. The van der Waals surface area contributed by atoms with Crippen LogP contribution in [0, 0.1) is 0 Å². The van der Waals surface area contributed by atoms with Gasteiger partial charge in [0.05, 0.1) is 7.11 Å². The molecule has 0 spiro atoms. The van der Waals surface area contributed by atoms with Crippen LogP contribution >= 0.6 is 0 Å². The molecule has 1 N–H and O–H groups in total. The number of nitrogens with zero attached hydrogens (tertiary/aromatic N) is 1. The average molecular weight is 274 g/mol. The molecule has 0 radical (unpaired) electrons. The molecule has 1 fully saturated rings. The van der Waals surface area contributed by atoms with E-state index in [0.717, 1.165) is 37.2 Å². The Labute approximate surface area is 120 Å². The molecule has 0 aliphatic carbocycles. The largest absolute Gasteiger partial charge is 0.466 e. The molecule has 4 heteroatoms. The maximum Gasteiger partial charge on any atom is 0.330 e. The standard InChI is InChI=1S/C16H22N2O2/c1-18-11-9-14(10-12-18)17-15-6-4-3-5-13(15)7-8-16(19)20-2/h3-8,14,17H,9-12H2,1-2H3/b8-7+. The summed E-state index contributed by atoms with van der Waals surface area (Å²) in [6.07, 6.45) is 5.54. The first-order chi connectivity index (χ1) is 9.69. The number of piperidine rings is 1. The number of anilines is 1. The fourth-order valence-corrected chi connectivity index (χ4v) is 2.37. The number of rotatable bonds is 4. The maximum absolute atomic E-state index is 11.2. The highest BCUT2D eigenvalue weighted by molar-refractivity contribution is 5.88. The first kappa shape index (κ1) is 14.6. The topological polar surface area (TPSA) is 41.6 Å². The molecule has 0 bridgehead atoms. The number of methoxy groups -OCH3 is 1. The maximum atomic E-state index is 11.2. The molecule has 2 rings (SSSR count). The van der Waals surface area contributed by atoms with Crippen LogP contribution in [0.25, 0.3) is 6.08 Å². The molecule has 0 amide bonds. The predicted octanol–water partition coefficient (Wildman–Crippen LogP) is 2.38. The van der Waals surface area contributed by atoms with Crippen molar-refractivity contribution in [1.82, 2.24) is 4.90 Å². The second-order valence-electron chi connectivity index (χ2n) is 5.17. The van der Waals surface area contributed by atoms with Crippen molar-refractivity contribution in [3.05, 3.63) is 35.9 Å². The Morgan fingerprint density at radius 1 is 1.35 bits per heavy atom. The van der Waals surface area contributed by atoms with Gasteiger partial charge < -0.3 is 15.0 Å². The minimum absolute atomic E-state index is 0.334. The molecule has 1 heterocycles. The van der Waals surface area contributed by atoms with Crippen LogP contribution in [-0.2, 0) is 9.53 Å². The number of carbonyl (C=O) groups excluding carboxylic acids is 1. The zero-order valence-corrected chi connectivity index (χ0v) is 12.1. The van der Waals surface area contributed by atoms with E-state index >= 15 is 0 Å². The summed E-state index contributed by atoms with van der Waals surface area (Å²) >= 11 is 0. The monoisotopic (exact) mass is 274 g/mol. The Morgan fingerprint density at radius 2 is 2.05 bits per heavy atom. The van der Waals surface area contributed by atoms with Crippen LogP contribution in [0.15, 0.2) is 30.3 Å². The van der Waals surface area contributed by atoms with Gasteiger partial charge in [-0.25, -0.2) is 4.79 Å². The van der Waals surface area contributed by atoms with Gasteiger partial charge in [0.25, 0.3) is 0 Å². The SMILES string of the molecule is COC(=O)/C=C/c1ccccc1NC1CCN(C)CC1. The number of likely N-dealkylation sites (tertiary alicyclic amines) is 1. The summed E-state index contributed by atoms with van der Waals surface area (Å²) in [4.78, 5) is 13.5. The number of hydrogen-bond donors (Lipinski definition) is 1. The molecular weight excluding hydrogens is 252 g/mol. The van der Waals surface area contributed by atoms with Gasteiger partial charge in [0, 0.05) is 17.8 Å². The summed E-state index contributed by atoms with van der Waals surface area (Å²) in [6.45, 7) is 2.25. The Kier molecular flexibility index (Phi) is 5.18. The minimum Gasteiger partial charge on any atom is -0.466 e. The molecule has 1 aromatic carbocycles. The second kappa shape index (κ2) is 7.10. The van der Waals surface area contributed by atoms with Crippen molar-refractivity contribution in [2.45, 2.75) is 18.9 Å². The first-order valence-electron chi connectivity index (χ1n) is 6.99. The van der Waals surface area contributed by atoms with E-state index in [1.54, 1.807) is 6.08 Å². The van der Waals surface area contributed by atoms with Crippen molar-refractivity contribution in [1.29, 1.82) is 0 Å². The lowest BCUT2D eigenvalue weighted by Gasteiger charge is -2.30. The van der Waals surface area contributed by atoms with Crippen LogP contribution in [-0.4, -0.2) is 44.2 Å². The predicted molar refractivity (Wildman–Crippen MR) is 81.6 cm³/mol. The van der Waals surface area contributed by atoms with Crippen LogP contribution in [0.4, 0.5) is 5.69 Å². The zero-order valence-electron chi connectivity index (χ0n) is 12.1. The second-order valence-corrected chi connectivity index (χ2v) is 5.17. The molecule has 0 atom stereocenters. The normalized spacial score (nSPS) is 17.3. The zero-order chi connectivity index (χ0) is 14.4. The molecule has 0 saturated carbocycles. The fourth-order valence-electron chi connectivity index (χ4n) is 2.37. The lowest BCUT2D eigenvalue weighted by atomic mass is 10.0. The van der Waals surface area contributed by atoms with E-state index in [2.05, 4.69) is 28.1 Å². The van der Waals surface area contributed by atoms with E-state index in [9.17, 15) is 4.79 Å². The van der Waals surface area contributed by atoms with Gasteiger partial charge in [-0.3, -0.25) is 0 Å². The van der Waals surface area contributed by atoms with Gasteiger partial charge in [-0.2, -0.15) is 0 Å². The third kappa shape index (κ3) is 4.10. The average Bonchev–Trinajstić information content (AvgIpc) is 2.48. The molecule has 1 saturated heterocycles. The molecule has 1 aliphatic heterocycles. The molecule has 1 aromatic rings. The van der Waals surface area contributed by atoms with Gasteiger partial charge >= 0.3 is 5.97 Å². The summed E-state index contributed by atoms with van der Waals surface area (Å²) in [6, 6.07) is 8.52. The van der Waals surface area contributed by atoms with Crippen molar-refractivity contribution >= 4 is 17.7 Å². The Balaban J connectivity index is 2.04. The lowest BCUT2D eigenvalue weighted by molar-refractivity contribution is -0.134. The van der Waals surface area contributed by atoms with E-state index in [4.69, 9.17) is 0 Å². The van der Waals surface area contributed by atoms with Crippen LogP contribution in [0.2, 0.25) is 0 Å². The van der Waals surface area contributed by atoms with Crippen molar-refractivity contribution < 1.29 is 9.53 Å². The van der Waals surface area contributed by atoms with Crippen LogP contribution in [0.1, 0.15) is 18.4 Å². The van der Waals surface area contributed by atoms with Gasteiger partial charge in [-0.05, 0) is 50.7 Å². The van der Waals surface area contributed by atoms with Crippen molar-refractivity contribution in [2.24, 2.45) is 0 Å². The summed E-state index contributed by atoms with van der Waals surface area (Å²) in [5.74, 6) is -0.334. The molecule has 0 unspecified atom stereocenters. The minimum atomic E-state index is -0.334. The summed E-state index contributed by atoms with van der Waals surface area (Å²) in [5.41, 5.74) is 2.08. The highest BCUT2D eigenvalue weighted by atomic mass is 16.5. The fraction of sp³-hybridized carbons (Fsp3) is 0.438. The third-order valence-electron chi connectivity index (χ3n) is 3.64. The van der Waals surface area contributed by atoms with Gasteiger partial charge in [0.2, 0.25) is 0 Å². The molecule has 0 aromatic heterocycles. The molecule has 108 valence electrons. The van der Waals surface area contributed by atoms with Crippen LogP contribution in [0.5, 0.6) is 0 Å². The van der Waals surface area contributed by atoms with E-state index in [1.165, 1.54) is 13.2 Å². The number of hydrogen-bond acceptors (Lipinski definition) is 4. The molecular formula is C16H22N2O2. The third-order valence-corrected chi connectivity index (χ3v) is 3.64. The number of benzene rings is 1. The summed E-state index contributed by atoms with van der Waals surface area (Å²) < 4.78 is 4.62. The van der Waals surface area contributed by atoms with E-state index in [1.807, 2.05) is 18.2 Å². The van der Waals surface area contributed by atoms with Gasteiger partial charge in [0.1, 0.15) is 0 Å². The van der Waals surface area contributed by atoms with Crippen molar-refractivity contribution in [2.75, 3.05) is 32.6 Å². The highest BCUT2D eigenvalue weighted by Gasteiger charge is 2.16. The van der Waals surface area contributed by atoms with E-state index in [0.29, 0.717) is 6.04 Å². The highest BCUT2D eigenvalue weighted by Crippen LogP contribution is 2.21. The molecule has 4 nitrogen and oxygen atoms in total. The number of ether oxygens (including phenoxy) is 1. The smallest absolute Gasteiger partial charge is 0.330 e. The van der Waals surface area contributed by atoms with E-state index in [-0.39, 0.29) is 5.97 Å². The van der Waals surface area contributed by atoms with Crippen molar-refractivity contribution in [3.63, 3.8) is 0 Å². The van der Waals surface area contributed by atoms with E-state index < -0.39 is 0 Å². The molecule has 20 heavy (non-hydrogen) atoms. The Morgan fingerprint density at radius 3 is 2.75 bits per heavy atom. The van der Waals surface area contributed by atoms with Crippen molar-refractivity contribution in [3.8, 4) is 0 Å². The Bertz CT molecular complexity index is 477. The summed E-state index contributed by atoms with van der Waals surface area (Å²) in [5, 5.41) is 3.58. The van der Waals surface area contributed by atoms with Crippen LogP contribution < -0.4 is 5.32 Å². The van der Waals surface area contributed by atoms with Gasteiger partial charge in [-0.1, -0.05) is 18.2 Å². The first-order valence-corrected chi connectivity index (χ1v) is 6.99. The van der Waals surface area contributed by atoms with Gasteiger partial charge in [-0.15, -0.1) is 0 Å². The Hall–Kier alpha value is -1.81. The number of carbonyl (C=O) groups is 1.